The zero-order valence-corrected chi connectivity index (χ0v) is 9.32. The van der Waals surface area contributed by atoms with E-state index in [0.717, 1.165) is 0 Å². The van der Waals surface area contributed by atoms with Gasteiger partial charge in [-0.3, -0.25) is 4.79 Å². The van der Waals surface area contributed by atoms with Crippen LogP contribution in [0.4, 0.5) is 5.82 Å². The van der Waals surface area contributed by atoms with Gasteiger partial charge in [-0.15, -0.1) is 0 Å². The maximum atomic E-state index is 11.2. The standard InChI is InChI=1S/C8H10N4O.C2H6/c1-4-12-7(9-2)6(5-11-12)8(13)10-3;1-2/h4-5H,1-2H2,3H3,(H,10,13);1-2H3. The molecule has 0 spiro atoms. The molecule has 0 bridgehead atoms. The van der Waals surface area contributed by atoms with Crippen molar-refractivity contribution in [1.29, 1.82) is 0 Å². The second kappa shape index (κ2) is 6.53. The summed E-state index contributed by atoms with van der Waals surface area (Å²) in [5, 5.41) is 6.36. The lowest BCUT2D eigenvalue weighted by molar-refractivity contribution is 0.0964. The van der Waals surface area contributed by atoms with Crippen LogP contribution in [0.1, 0.15) is 24.2 Å². The zero-order chi connectivity index (χ0) is 11.8. The Labute approximate surface area is 89.5 Å². The van der Waals surface area contributed by atoms with E-state index in [9.17, 15) is 4.79 Å². The van der Waals surface area contributed by atoms with E-state index >= 15 is 0 Å². The van der Waals surface area contributed by atoms with Crippen molar-refractivity contribution in [3.8, 4) is 0 Å². The topological polar surface area (TPSA) is 59.3 Å². The fraction of sp³-hybridized carbons (Fsp3) is 0.300. The molecule has 0 fully saturated rings. The molecule has 0 aliphatic rings. The fourth-order valence-corrected chi connectivity index (χ4v) is 0.942. The molecule has 0 saturated carbocycles. The van der Waals surface area contributed by atoms with Gasteiger partial charge < -0.3 is 5.32 Å². The molecule has 1 N–H and O–H groups in total. The molecule has 1 aromatic rings. The number of hydrogen-bond acceptors (Lipinski definition) is 3. The van der Waals surface area contributed by atoms with Gasteiger partial charge in [-0.2, -0.15) is 5.10 Å². The molecular weight excluding hydrogens is 192 g/mol. The molecule has 15 heavy (non-hydrogen) atoms. The summed E-state index contributed by atoms with van der Waals surface area (Å²) in [6.07, 6.45) is 2.88. The monoisotopic (exact) mass is 208 g/mol. The molecule has 0 saturated heterocycles. The molecule has 0 unspecified atom stereocenters. The summed E-state index contributed by atoms with van der Waals surface area (Å²) >= 11 is 0. The second-order valence-corrected chi connectivity index (χ2v) is 2.25. The van der Waals surface area contributed by atoms with Crippen molar-refractivity contribution in [2.24, 2.45) is 4.99 Å². The molecular formula is C10H16N4O. The van der Waals surface area contributed by atoms with Gasteiger partial charge in [-0.25, -0.2) is 9.67 Å². The molecule has 1 heterocycles. The van der Waals surface area contributed by atoms with Crippen LogP contribution in [0.5, 0.6) is 0 Å². The molecule has 1 aromatic heterocycles. The van der Waals surface area contributed by atoms with E-state index in [4.69, 9.17) is 0 Å². The summed E-state index contributed by atoms with van der Waals surface area (Å²) in [5.41, 5.74) is 0.386. The summed E-state index contributed by atoms with van der Waals surface area (Å²) < 4.78 is 1.39. The lowest BCUT2D eigenvalue weighted by atomic mass is 10.3. The van der Waals surface area contributed by atoms with Gasteiger partial charge in [0, 0.05) is 13.2 Å². The Bertz CT molecular complexity index is 354. The van der Waals surface area contributed by atoms with Gasteiger partial charge in [0.05, 0.1) is 6.20 Å². The maximum absolute atomic E-state index is 11.2. The van der Waals surface area contributed by atoms with Gasteiger partial charge in [0.2, 0.25) is 0 Å². The summed E-state index contributed by atoms with van der Waals surface area (Å²) in [6, 6.07) is 0. The molecule has 1 amide bonds. The van der Waals surface area contributed by atoms with Crippen molar-refractivity contribution < 1.29 is 4.79 Å². The Morgan fingerprint density at radius 3 is 2.67 bits per heavy atom. The number of nitrogens with one attached hydrogen (secondary N) is 1. The minimum absolute atomic E-state index is 0.240. The Morgan fingerprint density at radius 1 is 1.67 bits per heavy atom. The van der Waals surface area contributed by atoms with E-state index in [1.807, 2.05) is 13.8 Å². The molecule has 5 heteroatoms. The first kappa shape index (κ1) is 13.1. The zero-order valence-electron chi connectivity index (χ0n) is 9.32. The van der Waals surface area contributed by atoms with Crippen LogP contribution in [-0.4, -0.2) is 29.5 Å². The van der Waals surface area contributed by atoms with E-state index in [1.54, 1.807) is 7.05 Å². The van der Waals surface area contributed by atoms with Crippen LogP contribution >= 0.6 is 0 Å². The lowest BCUT2D eigenvalue weighted by Gasteiger charge is -1.98. The molecule has 1 rings (SSSR count). The van der Waals surface area contributed by atoms with Crippen LogP contribution in [0, 0.1) is 0 Å². The summed E-state index contributed by atoms with van der Waals surface area (Å²) in [7, 11) is 1.54. The molecule has 0 atom stereocenters. The van der Waals surface area contributed by atoms with E-state index in [0.29, 0.717) is 11.4 Å². The predicted octanol–water partition coefficient (Wildman–Crippen LogP) is 1.70. The van der Waals surface area contributed by atoms with E-state index < -0.39 is 0 Å². The third kappa shape index (κ3) is 2.77. The SMILES string of the molecule is C=Cn1ncc(C(=O)NC)c1N=C.CC. The molecule has 5 nitrogen and oxygen atoms in total. The number of hydrogen-bond donors (Lipinski definition) is 1. The molecule has 0 radical (unpaired) electrons. The highest BCUT2D eigenvalue weighted by Crippen LogP contribution is 2.17. The summed E-state index contributed by atoms with van der Waals surface area (Å²) in [5.74, 6) is 0.157. The third-order valence-electron chi connectivity index (χ3n) is 1.56. The van der Waals surface area contributed by atoms with Crippen LogP contribution < -0.4 is 5.32 Å². The smallest absolute Gasteiger partial charge is 0.256 e. The van der Waals surface area contributed by atoms with Crippen molar-refractivity contribution in [3.63, 3.8) is 0 Å². The number of carbonyl (C=O) groups excluding carboxylic acids is 1. The quantitative estimate of drug-likeness (QED) is 0.768. The molecule has 0 aromatic carbocycles. The lowest BCUT2D eigenvalue weighted by Crippen LogP contribution is -2.17. The highest BCUT2D eigenvalue weighted by Gasteiger charge is 2.13. The molecule has 0 aliphatic heterocycles. The predicted molar refractivity (Wildman–Crippen MR) is 62.6 cm³/mol. The number of aliphatic imine (C=N–C) groups is 1. The minimum Gasteiger partial charge on any atom is -0.355 e. The number of nitrogens with zero attached hydrogens (tertiary/aromatic N) is 3. The van der Waals surface area contributed by atoms with Crippen LogP contribution in [0.15, 0.2) is 17.8 Å². The number of amides is 1. The Kier molecular flexibility index (Phi) is 5.70. The van der Waals surface area contributed by atoms with Gasteiger partial charge in [-0.05, 0) is 6.72 Å². The third-order valence-corrected chi connectivity index (χ3v) is 1.56. The van der Waals surface area contributed by atoms with Gasteiger partial charge in [0.1, 0.15) is 5.56 Å². The van der Waals surface area contributed by atoms with Crippen molar-refractivity contribution in [1.82, 2.24) is 15.1 Å². The first-order valence-corrected chi connectivity index (χ1v) is 4.63. The van der Waals surface area contributed by atoms with E-state index in [-0.39, 0.29) is 5.91 Å². The summed E-state index contributed by atoms with van der Waals surface area (Å²) in [6.45, 7) is 10.9. The number of carbonyl (C=O) groups is 1. The number of rotatable bonds is 3. The van der Waals surface area contributed by atoms with Crippen molar-refractivity contribution in [2.75, 3.05) is 7.05 Å². The van der Waals surface area contributed by atoms with Crippen molar-refractivity contribution in [2.45, 2.75) is 13.8 Å². The van der Waals surface area contributed by atoms with Crippen LogP contribution in [0.2, 0.25) is 0 Å². The second-order valence-electron chi connectivity index (χ2n) is 2.25. The van der Waals surface area contributed by atoms with E-state index in [1.165, 1.54) is 17.1 Å². The van der Waals surface area contributed by atoms with Crippen molar-refractivity contribution in [3.05, 3.63) is 18.3 Å². The fourth-order valence-electron chi connectivity index (χ4n) is 0.942. The van der Waals surface area contributed by atoms with Crippen LogP contribution in [0.25, 0.3) is 6.20 Å². The van der Waals surface area contributed by atoms with Gasteiger partial charge in [-0.1, -0.05) is 20.4 Å². The normalized spacial score (nSPS) is 8.47. The Balaban J connectivity index is 0.000000921. The van der Waals surface area contributed by atoms with Gasteiger partial charge >= 0.3 is 0 Å². The largest absolute Gasteiger partial charge is 0.355 e. The van der Waals surface area contributed by atoms with Gasteiger partial charge in [0.15, 0.2) is 5.82 Å². The molecule has 82 valence electrons. The Hall–Kier alpha value is -1.91. The minimum atomic E-state index is -0.240. The first-order valence-electron chi connectivity index (χ1n) is 4.63. The summed E-state index contributed by atoms with van der Waals surface area (Å²) in [4.78, 5) is 14.9. The first-order chi connectivity index (χ1) is 7.24. The van der Waals surface area contributed by atoms with Crippen LogP contribution in [0.3, 0.4) is 0 Å². The van der Waals surface area contributed by atoms with Gasteiger partial charge in [0.25, 0.3) is 5.91 Å². The Morgan fingerprint density at radius 2 is 2.27 bits per heavy atom. The average molecular weight is 208 g/mol. The average Bonchev–Trinajstić information content (AvgIpc) is 2.73. The number of aromatic nitrogens is 2. The van der Waals surface area contributed by atoms with E-state index in [2.05, 4.69) is 28.7 Å². The highest BCUT2D eigenvalue weighted by molar-refractivity contribution is 5.98. The highest BCUT2D eigenvalue weighted by atomic mass is 16.1. The van der Waals surface area contributed by atoms with Crippen molar-refractivity contribution >= 4 is 24.6 Å². The van der Waals surface area contributed by atoms with Crippen LogP contribution in [-0.2, 0) is 0 Å². The molecule has 0 aliphatic carbocycles. The maximum Gasteiger partial charge on any atom is 0.256 e.